The van der Waals surface area contributed by atoms with E-state index in [1.165, 1.54) is 5.75 Å². The van der Waals surface area contributed by atoms with Gasteiger partial charge in [-0.1, -0.05) is 6.92 Å². The molecule has 82 valence electrons. The highest BCUT2D eigenvalue weighted by Crippen LogP contribution is 2.21. The average Bonchev–Trinajstić information content (AvgIpc) is 2.69. The highest BCUT2D eigenvalue weighted by Gasteiger charge is 2.24. The predicted molar refractivity (Wildman–Crippen MR) is 61.4 cm³/mol. The lowest BCUT2D eigenvalue weighted by molar-refractivity contribution is -0.131. The first-order valence-electron chi connectivity index (χ1n) is 5.24. The van der Waals surface area contributed by atoms with E-state index >= 15 is 0 Å². The standard InChI is InChI=1S/C10H20N2OS/c1-3-8(11)6-10(13)12(2)9-4-5-14-7-9/h8-9H,3-7,11H2,1-2H3. The Morgan fingerprint density at radius 2 is 2.43 bits per heavy atom. The molecule has 1 amide bonds. The Hall–Kier alpha value is -0.220. The summed E-state index contributed by atoms with van der Waals surface area (Å²) in [6, 6.07) is 0.468. The second-order valence-electron chi connectivity index (χ2n) is 3.89. The van der Waals surface area contributed by atoms with Gasteiger partial charge < -0.3 is 10.6 Å². The summed E-state index contributed by atoms with van der Waals surface area (Å²) in [4.78, 5) is 13.6. The zero-order chi connectivity index (χ0) is 10.6. The van der Waals surface area contributed by atoms with Gasteiger partial charge in [0, 0.05) is 31.3 Å². The van der Waals surface area contributed by atoms with Crippen molar-refractivity contribution in [3.05, 3.63) is 0 Å². The topological polar surface area (TPSA) is 46.3 Å². The third-order valence-corrected chi connectivity index (χ3v) is 3.95. The van der Waals surface area contributed by atoms with Gasteiger partial charge in [-0.15, -0.1) is 0 Å². The SMILES string of the molecule is CCC(N)CC(=O)N(C)C1CCSC1. The highest BCUT2D eigenvalue weighted by atomic mass is 32.2. The third kappa shape index (κ3) is 3.17. The molecule has 0 spiro atoms. The van der Waals surface area contributed by atoms with Crippen molar-refractivity contribution in [1.29, 1.82) is 0 Å². The summed E-state index contributed by atoms with van der Waals surface area (Å²) in [5.41, 5.74) is 5.76. The van der Waals surface area contributed by atoms with Crippen LogP contribution in [0.4, 0.5) is 0 Å². The summed E-state index contributed by atoms with van der Waals surface area (Å²) < 4.78 is 0. The van der Waals surface area contributed by atoms with Gasteiger partial charge in [-0.25, -0.2) is 0 Å². The first-order chi connectivity index (χ1) is 6.65. The number of nitrogens with two attached hydrogens (primary N) is 1. The van der Waals surface area contributed by atoms with E-state index in [9.17, 15) is 4.79 Å². The van der Waals surface area contributed by atoms with Gasteiger partial charge in [-0.05, 0) is 18.6 Å². The Morgan fingerprint density at radius 3 is 2.93 bits per heavy atom. The molecule has 2 N–H and O–H groups in total. The van der Waals surface area contributed by atoms with Gasteiger partial charge in [0.25, 0.3) is 0 Å². The van der Waals surface area contributed by atoms with Crippen LogP contribution in [0.1, 0.15) is 26.2 Å². The van der Waals surface area contributed by atoms with Crippen LogP contribution in [0.5, 0.6) is 0 Å². The summed E-state index contributed by atoms with van der Waals surface area (Å²) in [6.45, 7) is 2.02. The molecule has 0 aromatic carbocycles. The Kier molecular flexibility index (Phi) is 4.75. The molecule has 0 aliphatic carbocycles. The summed E-state index contributed by atoms with van der Waals surface area (Å²) in [5.74, 6) is 2.47. The number of rotatable bonds is 4. The number of nitrogens with zero attached hydrogens (tertiary/aromatic N) is 1. The van der Waals surface area contributed by atoms with E-state index in [0.717, 1.165) is 18.6 Å². The highest BCUT2D eigenvalue weighted by molar-refractivity contribution is 7.99. The fraction of sp³-hybridized carbons (Fsp3) is 0.900. The Bertz CT molecular complexity index is 193. The van der Waals surface area contributed by atoms with Gasteiger partial charge in [0.1, 0.15) is 0 Å². The van der Waals surface area contributed by atoms with E-state index in [-0.39, 0.29) is 11.9 Å². The van der Waals surface area contributed by atoms with Gasteiger partial charge in [0.2, 0.25) is 5.91 Å². The van der Waals surface area contributed by atoms with E-state index in [4.69, 9.17) is 5.73 Å². The molecule has 4 heteroatoms. The minimum absolute atomic E-state index is 0.0269. The van der Waals surface area contributed by atoms with Gasteiger partial charge >= 0.3 is 0 Å². The number of hydrogen-bond donors (Lipinski definition) is 1. The van der Waals surface area contributed by atoms with E-state index < -0.39 is 0 Å². The minimum atomic E-state index is 0.0269. The number of hydrogen-bond acceptors (Lipinski definition) is 3. The molecular weight excluding hydrogens is 196 g/mol. The van der Waals surface area contributed by atoms with Crippen LogP contribution in [0.3, 0.4) is 0 Å². The van der Waals surface area contributed by atoms with Crippen molar-refractivity contribution in [3.63, 3.8) is 0 Å². The maximum Gasteiger partial charge on any atom is 0.224 e. The zero-order valence-electron chi connectivity index (χ0n) is 9.03. The Morgan fingerprint density at radius 1 is 1.71 bits per heavy atom. The fourth-order valence-electron chi connectivity index (χ4n) is 1.54. The molecule has 3 nitrogen and oxygen atoms in total. The second kappa shape index (κ2) is 5.61. The van der Waals surface area contributed by atoms with Gasteiger partial charge in [-0.3, -0.25) is 4.79 Å². The summed E-state index contributed by atoms with van der Waals surface area (Å²) in [6.07, 6.45) is 2.50. The van der Waals surface area contributed by atoms with Crippen molar-refractivity contribution in [1.82, 2.24) is 4.90 Å². The molecule has 0 bridgehead atoms. The molecule has 14 heavy (non-hydrogen) atoms. The normalized spacial score (nSPS) is 23.5. The molecule has 1 saturated heterocycles. The van der Waals surface area contributed by atoms with Crippen molar-refractivity contribution in [3.8, 4) is 0 Å². The van der Waals surface area contributed by atoms with E-state index in [2.05, 4.69) is 0 Å². The molecule has 0 radical (unpaired) electrons. The van der Waals surface area contributed by atoms with Crippen LogP contribution in [0.2, 0.25) is 0 Å². The third-order valence-electron chi connectivity index (χ3n) is 2.81. The van der Waals surface area contributed by atoms with Crippen LogP contribution in [0, 0.1) is 0 Å². The number of carbonyl (C=O) groups is 1. The number of thioether (sulfide) groups is 1. The Labute approximate surface area is 90.4 Å². The molecule has 0 aromatic heterocycles. The lowest BCUT2D eigenvalue weighted by Crippen LogP contribution is -2.39. The van der Waals surface area contributed by atoms with Crippen LogP contribution in [0.15, 0.2) is 0 Å². The van der Waals surface area contributed by atoms with Crippen LogP contribution < -0.4 is 5.73 Å². The lowest BCUT2D eigenvalue weighted by atomic mass is 10.1. The maximum absolute atomic E-state index is 11.7. The molecule has 2 unspecified atom stereocenters. The van der Waals surface area contributed by atoms with Crippen molar-refractivity contribution < 1.29 is 4.79 Å². The summed E-state index contributed by atoms with van der Waals surface area (Å²) in [7, 11) is 1.90. The van der Waals surface area contributed by atoms with Gasteiger partial charge in [-0.2, -0.15) is 11.8 Å². The van der Waals surface area contributed by atoms with Crippen molar-refractivity contribution in [2.75, 3.05) is 18.6 Å². The molecular formula is C10H20N2OS. The van der Waals surface area contributed by atoms with Crippen LogP contribution in [-0.2, 0) is 4.79 Å². The molecule has 1 heterocycles. The monoisotopic (exact) mass is 216 g/mol. The molecule has 1 aliphatic rings. The quantitative estimate of drug-likeness (QED) is 0.765. The molecule has 1 aliphatic heterocycles. The van der Waals surface area contributed by atoms with Crippen LogP contribution in [-0.4, -0.2) is 41.4 Å². The van der Waals surface area contributed by atoms with Crippen molar-refractivity contribution in [2.24, 2.45) is 5.73 Å². The number of amides is 1. The van der Waals surface area contributed by atoms with Gasteiger partial charge in [0.05, 0.1) is 0 Å². The lowest BCUT2D eigenvalue weighted by Gasteiger charge is -2.24. The van der Waals surface area contributed by atoms with E-state index in [0.29, 0.717) is 12.5 Å². The first-order valence-corrected chi connectivity index (χ1v) is 6.39. The maximum atomic E-state index is 11.7. The molecule has 0 aromatic rings. The Balaban J connectivity index is 2.35. The summed E-state index contributed by atoms with van der Waals surface area (Å²) in [5, 5.41) is 0. The summed E-state index contributed by atoms with van der Waals surface area (Å²) >= 11 is 1.93. The molecule has 1 rings (SSSR count). The zero-order valence-corrected chi connectivity index (χ0v) is 9.85. The van der Waals surface area contributed by atoms with Crippen molar-refractivity contribution >= 4 is 17.7 Å². The van der Waals surface area contributed by atoms with Gasteiger partial charge in [0.15, 0.2) is 0 Å². The second-order valence-corrected chi connectivity index (χ2v) is 5.04. The molecule has 2 atom stereocenters. The molecule has 0 saturated carbocycles. The van der Waals surface area contributed by atoms with Crippen molar-refractivity contribution in [2.45, 2.75) is 38.3 Å². The fourth-order valence-corrected chi connectivity index (χ4v) is 2.81. The average molecular weight is 216 g/mol. The smallest absolute Gasteiger partial charge is 0.224 e. The van der Waals surface area contributed by atoms with Crippen LogP contribution >= 0.6 is 11.8 Å². The first kappa shape index (κ1) is 11.9. The minimum Gasteiger partial charge on any atom is -0.342 e. The van der Waals surface area contributed by atoms with Crippen LogP contribution in [0.25, 0.3) is 0 Å². The molecule has 1 fully saturated rings. The van der Waals surface area contributed by atoms with E-state index in [1.54, 1.807) is 0 Å². The number of carbonyl (C=O) groups excluding carboxylic acids is 1. The predicted octanol–water partition coefficient (Wildman–Crippen LogP) is 1.08. The largest absolute Gasteiger partial charge is 0.342 e. The van der Waals surface area contributed by atoms with E-state index in [1.807, 2.05) is 30.6 Å².